The van der Waals surface area contributed by atoms with Crippen LogP contribution in [0.3, 0.4) is 0 Å². The molecule has 0 aliphatic carbocycles. The molecule has 27 heavy (non-hydrogen) atoms. The van der Waals surface area contributed by atoms with E-state index in [1.54, 1.807) is 35.1 Å². The SMILES string of the molecule is Cc1nc(-c2cccnc2)sc1CNC(=O)c1sc(-c2cccs2)nc1C. The van der Waals surface area contributed by atoms with Crippen molar-refractivity contribution in [1.82, 2.24) is 20.3 Å². The number of nitrogens with one attached hydrogen (secondary N) is 1. The highest BCUT2D eigenvalue weighted by molar-refractivity contribution is 7.22. The molecule has 4 aromatic heterocycles. The fourth-order valence-electron chi connectivity index (χ4n) is 2.56. The number of aryl methyl sites for hydroxylation is 2. The highest BCUT2D eigenvalue weighted by atomic mass is 32.1. The smallest absolute Gasteiger partial charge is 0.263 e. The molecule has 4 aromatic rings. The minimum atomic E-state index is -0.0940. The number of rotatable bonds is 5. The van der Waals surface area contributed by atoms with Gasteiger partial charge in [0.15, 0.2) is 0 Å². The van der Waals surface area contributed by atoms with E-state index in [4.69, 9.17) is 0 Å². The minimum absolute atomic E-state index is 0.0940. The van der Waals surface area contributed by atoms with Gasteiger partial charge in [-0.15, -0.1) is 34.0 Å². The minimum Gasteiger partial charge on any atom is -0.346 e. The topological polar surface area (TPSA) is 67.8 Å². The first-order valence-corrected chi connectivity index (χ1v) is 10.8. The van der Waals surface area contributed by atoms with Crippen molar-refractivity contribution in [2.45, 2.75) is 20.4 Å². The van der Waals surface area contributed by atoms with E-state index in [1.165, 1.54) is 11.3 Å². The number of amides is 1. The maximum Gasteiger partial charge on any atom is 0.263 e. The largest absolute Gasteiger partial charge is 0.346 e. The Balaban J connectivity index is 1.48. The Morgan fingerprint density at radius 1 is 1.07 bits per heavy atom. The Kier molecular flexibility index (Phi) is 5.11. The molecular weight excluding hydrogens is 396 g/mol. The summed E-state index contributed by atoms with van der Waals surface area (Å²) in [7, 11) is 0. The van der Waals surface area contributed by atoms with Crippen LogP contribution in [0.15, 0.2) is 42.0 Å². The second kappa shape index (κ2) is 7.67. The van der Waals surface area contributed by atoms with Crippen LogP contribution >= 0.6 is 34.0 Å². The van der Waals surface area contributed by atoms with Crippen LogP contribution in [-0.2, 0) is 6.54 Å². The molecule has 0 fully saturated rings. The maximum absolute atomic E-state index is 12.6. The van der Waals surface area contributed by atoms with Gasteiger partial charge in [-0.3, -0.25) is 9.78 Å². The highest BCUT2D eigenvalue weighted by Crippen LogP contribution is 2.31. The molecule has 0 atom stereocenters. The number of carbonyl (C=O) groups is 1. The second-order valence-electron chi connectivity index (χ2n) is 5.86. The van der Waals surface area contributed by atoms with Gasteiger partial charge in [0.2, 0.25) is 0 Å². The normalized spacial score (nSPS) is 10.9. The molecule has 0 saturated carbocycles. The van der Waals surface area contributed by atoms with Gasteiger partial charge >= 0.3 is 0 Å². The van der Waals surface area contributed by atoms with Crippen molar-refractivity contribution in [3.05, 3.63) is 63.2 Å². The molecule has 0 radical (unpaired) electrons. The molecule has 8 heteroatoms. The summed E-state index contributed by atoms with van der Waals surface area (Å²) in [6.07, 6.45) is 3.54. The Morgan fingerprint density at radius 2 is 1.93 bits per heavy atom. The quantitative estimate of drug-likeness (QED) is 0.504. The zero-order chi connectivity index (χ0) is 18.8. The van der Waals surface area contributed by atoms with Crippen molar-refractivity contribution in [2.75, 3.05) is 0 Å². The van der Waals surface area contributed by atoms with Crippen LogP contribution in [0.1, 0.15) is 25.9 Å². The van der Waals surface area contributed by atoms with E-state index < -0.39 is 0 Å². The number of nitrogens with zero attached hydrogens (tertiary/aromatic N) is 3. The van der Waals surface area contributed by atoms with Crippen LogP contribution in [-0.4, -0.2) is 20.9 Å². The van der Waals surface area contributed by atoms with Crippen LogP contribution in [0.2, 0.25) is 0 Å². The molecule has 0 unspecified atom stereocenters. The number of thiazole rings is 2. The van der Waals surface area contributed by atoms with Gasteiger partial charge in [0, 0.05) is 22.8 Å². The summed E-state index contributed by atoms with van der Waals surface area (Å²) in [6, 6.07) is 7.89. The van der Waals surface area contributed by atoms with Gasteiger partial charge in [0.1, 0.15) is 14.9 Å². The Morgan fingerprint density at radius 3 is 2.67 bits per heavy atom. The molecule has 1 N–H and O–H groups in total. The van der Waals surface area contributed by atoms with Crippen LogP contribution in [0, 0.1) is 13.8 Å². The van der Waals surface area contributed by atoms with Crippen molar-refractivity contribution in [2.24, 2.45) is 0 Å². The first-order chi connectivity index (χ1) is 13.1. The van der Waals surface area contributed by atoms with Crippen molar-refractivity contribution >= 4 is 39.9 Å². The van der Waals surface area contributed by atoms with E-state index in [-0.39, 0.29) is 5.91 Å². The third-order valence-corrected chi connectivity index (χ3v) is 7.35. The summed E-state index contributed by atoms with van der Waals surface area (Å²) in [5.74, 6) is -0.0940. The fraction of sp³-hybridized carbons (Fsp3) is 0.158. The lowest BCUT2D eigenvalue weighted by Gasteiger charge is -2.02. The highest BCUT2D eigenvalue weighted by Gasteiger charge is 2.17. The number of aromatic nitrogens is 3. The van der Waals surface area contributed by atoms with E-state index in [2.05, 4.69) is 20.3 Å². The summed E-state index contributed by atoms with van der Waals surface area (Å²) >= 11 is 4.64. The third kappa shape index (κ3) is 3.83. The van der Waals surface area contributed by atoms with Crippen LogP contribution in [0.4, 0.5) is 0 Å². The van der Waals surface area contributed by atoms with Crippen LogP contribution < -0.4 is 5.32 Å². The average molecular weight is 413 g/mol. The maximum atomic E-state index is 12.6. The lowest BCUT2D eigenvalue weighted by Crippen LogP contribution is -2.22. The van der Waals surface area contributed by atoms with Gasteiger partial charge in [0.05, 0.1) is 22.8 Å². The zero-order valence-corrected chi connectivity index (χ0v) is 17.2. The number of carbonyl (C=O) groups excluding carboxylic acids is 1. The van der Waals surface area contributed by atoms with E-state index in [9.17, 15) is 4.79 Å². The third-order valence-electron chi connectivity index (χ3n) is 3.95. The van der Waals surface area contributed by atoms with Gasteiger partial charge in [0.25, 0.3) is 5.91 Å². The summed E-state index contributed by atoms with van der Waals surface area (Å²) in [4.78, 5) is 28.7. The molecule has 136 valence electrons. The lowest BCUT2D eigenvalue weighted by molar-refractivity contribution is 0.0954. The summed E-state index contributed by atoms with van der Waals surface area (Å²) in [5, 5.41) is 6.83. The first kappa shape index (κ1) is 18.0. The van der Waals surface area contributed by atoms with E-state index >= 15 is 0 Å². The fourth-order valence-corrected chi connectivity index (χ4v) is 5.33. The first-order valence-electron chi connectivity index (χ1n) is 8.28. The molecular formula is C19H16N4OS3. The average Bonchev–Trinajstić information content (AvgIpc) is 3.40. The summed E-state index contributed by atoms with van der Waals surface area (Å²) < 4.78 is 0. The van der Waals surface area contributed by atoms with Crippen molar-refractivity contribution < 1.29 is 4.79 Å². The van der Waals surface area contributed by atoms with Crippen LogP contribution in [0.5, 0.6) is 0 Å². The van der Waals surface area contributed by atoms with Crippen LogP contribution in [0.25, 0.3) is 20.5 Å². The Hall–Kier alpha value is -2.42. The molecule has 1 amide bonds. The van der Waals surface area contributed by atoms with Gasteiger partial charge in [-0.1, -0.05) is 6.07 Å². The van der Waals surface area contributed by atoms with Crippen molar-refractivity contribution in [1.29, 1.82) is 0 Å². The molecule has 4 rings (SSSR count). The summed E-state index contributed by atoms with van der Waals surface area (Å²) in [5.41, 5.74) is 2.68. The lowest BCUT2D eigenvalue weighted by atomic mass is 10.3. The Bertz CT molecular complexity index is 1070. The van der Waals surface area contributed by atoms with E-state index in [0.29, 0.717) is 11.4 Å². The van der Waals surface area contributed by atoms with Crippen molar-refractivity contribution in [3.63, 3.8) is 0 Å². The zero-order valence-electron chi connectivity index (χ0n) is 14.7. The summed E-state index contributed by atoms with van der Waals surface area (Å²) in [6.45, 7) is 4.29. The number of thiophene rings is 1. The van der Waals surface area contributed by atoms with Gasteiger partial charge in [-0.05, 0) is 37.4 Å². The van der Waals surface area contributed by atoms with Crippen molar-refractivity contribution in [3.8, 4) is 20.5 Å². The predicted molar refractivity (Wildman–Crippen MR) is 111 cm³/mol. The van der Waals surface area contributed by atoms with Gasteiger partial charge in [-0.2, -0.15) is 0 Å². The molecule has 0 aromatic carbocycles. The predicted octanol–water partition coefficient (Wildman–Crippen LogP) is 4.94. The molecule has 0 aliphatic rings. The van der Waals surface area contributed by atoms with Gasteiger partial charge < -0.3 is 5.32 Å². The van der Waals surface area contributed by atoms with Gasteiger partial charge in [-0.25, -0.2) is 9.97 Å². The number of pyridine rings is 1. The van der Waals surface area contributed by atoms with E-state index in [0.717, 1.165) is 36.7 Å². The molecule has 0 saturated heterocycles. The Labute approximate surface area is 168 Å². The monoisotopic (exact) mass is 412 g/mol. The molecule has 0 aliphatic heterocycles. The standard InChI is InChI=1S/C19H16N4OS3/c1-11-15(26-18(22-11)13-5-3-7-20-9-13)10-21-17(24)16-12(2)23-19(27-16)14-6-4-8-25-14/h3-9H,10H2,1-2H3,(H,21,24). The van der Waals surface area contributed by atoms with E-state index in [1.807, 2.05) is 43.5 Å². The number of hydrogen-bond donors (Lipinski definition) is 1. The molecule has 5 nitrogen and oxygen atoms in total. The second-order valence-corrected chi connectivity index (χ2v) is 8.89. The molecule has 0 spiro atoms. The number of hydrogen-bond acceptors (Lipinski definition) is 7. The molecule has 4 heterocycles. The molecule has 0 bridgehead atoms.